The van der Waals surface area contributed by atoms with Crippen molar-refractivity contribution in [2.75, 3.05) is 0 Å². The van der Waals surface area contributed by atoms with Crippen LogP contribution in [-0.4, -0.2) is 12.3 Å². The number of hydrogen-bond donors (Lipinski definition) is 0. The van der Waals surface area contributed by atoms with Crippen molar-refractivity contribution in [3.8, 4) is 23.0 Å². The van der Waals surface area contributed by atoms with Crippen molar-refractivity contribution in [2.45, 2.75) is 12.3 Å². The van der Waals surface area contributed by atoms with E-state index < -0.39 is 12.3 Å². The van der Waals surface area contributed by atoms with E-state index in [0.717, 1.165) is 0 Å². The van der Waals surface area contributed by atoms with E-state index in [2.05, 4.69) is 0 Å². The molecule has 0 aliphatic heterocycles. The second kappa shape index (κ2) is 10.9. The predicted molar refractivity (Wildman–Crippen MR) is 116 cm³/mol. The zero-order valence-electron chi connectivity index (χ0n) is 17.2. The average Bonchev–Trinajstić information content (AvgIpc) is 2.86. The van der Waals surface area contributed by atoms with Gasteiger partial charge in [-0.3, -0.25) is 0 Å². The van der Waals surface area contributed by atoms with Gasteiger partial charge in [0.1, 0.15) is 0 Å². The van der Waals surface area contributed by atoms with Gasteiger partial charge in [-0.05, 0) is 0 Å². The third-order valence-corrected chi connectivity index (χ3v) is 4.85. The molecule has 0 atom stereocenters. The van der Waals surface area contributed by atoms with Crippen LogP contribution >= 0.6 is 0 Å². The molecule has 6 heteroatoms. The van der Waals surface area contributed by atoms with Gasteiger partial charge >= 0.3 is 200 Å². The molecule has 4 rings (SSSR count). The number of ether oxygens (including phenoxy) is 4. The van der Waals surface area contributed by atoms with Crippen LogP contribution in [0.2, 0.25) is 0 Å². The van der Waals surface area contributed by atoms with E-state index in [1.807, 2.05) is 121 Å². The summed E-state index contributed by atoms with van der Waals surface area (Å²) >= 11 is 1.49. The van der Waals surface area contributed by atoms with Crippen LogP contribution in [0.4, 0.5) is 0 Å². The zero-order valence-corrected chi connectivity index (χ0v) is 18.7. The Bertz CT molecular complexity index is 979. The van der Waals surface area contributed by atoms with Gasteiger partial charge in [-0.2, -0.15) is 0 Å². The van der Waals surface area contributed by atoms with Crippen LogP contribution in [-0.2, 0) is 24.1 Å². The van der Waals surface area contributed by atoms with Crippen molar-refractivity contribution in [1.82, 2.24) is 0 Å². The van der Waals surface area contributed by atoms with Crippen LogP contribution in [0.3, 0.4) is 0 Å². The molecule has 0 spiro atoms. The normalized spacial score (nSPS) is 11.0. The van der Waals surface area contributed by atoms with Gasteiger partial charge in [0.05, 0.1) is 0 Å². The first-order valence-electron chi connectivity index (χ1n) is 10.0. The summed E-state index contributed by atoms with van der Waals surface area (Å²) in [5.74, 6) is 0.438. The average molecular weight is 461 g/mol. The van der Waals surface area contributed by atoms with E-state index in [0.29, 0.717) is 23.0 Å². The van der Waals surface area contributed by atoms with Crippen LogP contribution in [0.5, 0.6) is 23.0 Å². The Kier molecular flexibility index (Phi) is 7.46. The fraction of sp³-hybridized carbons (Fsp3) is 0.0769. The summed E-state index contributed by atoms with van der Waals surface area (Å²) in [7, 11) is 0. The van der Waals surface area contributed by atoms with Gasteiger partial charge in [-0.25, -0.2) is 0 Å². The minimum absolute atomic E-state index is 0.531. The van der Waals surface area contributed by atoms with Gasteiger partial charge in [0.25, 0.3) is 0 Å². The molecule has 32 heavy (non-hydrogen) atoms. The van der Waals surface area contributed by atoms with Crippen molar-refractivity contribution in [3.05, 3.63) is 121 Å². The van der Waals surface area contributed by atoms with Gasteiger partial charge in [0, 0.05) is 0 Å². The van der Waals surface area contributed by atoms with Crippen molar-refractivity contribution in [2.24, 2.45) is 0 Å². The maximum atomic E-state index is 6.27. The molecule has 4 aromatic carbocycles. The number of rotatable bonds is 10. The molecule has 0 aromatic heterocycles. The fourth-order valence-corrected chi connectivity index (χ4v) is 3.21. The van der Waals surface area contributed by atoms with E-state index in [1.54, 1.807) is 0 Å². The molecule has 0 N–H and O–H groups in total. The third-order valence-electron chi connectivity index (χ3n) is 4.41. The second-order valence-corrected chi connectivity index (χ2v) is 7.05. The van der Waals surface area contributed by atoms with Crippen molar-refractivity contribution in [1.29, 1.82) is 0 Å². The Morgan fingerprint density at radius 3 is 1.09 bits per heavy atom. The first kappa shape index (κ1) is 22.0. The predicted octanol–water partition coefficient (Wildman–Crippen LogP) is 5.76. The van der Waals surface area contributed by atoms with Gasteiger partial charge in [-0.15, -0.1) is 0 Å². The molecule has 4 aromatic rings. The monoisotopic (exact) mass is 461 g/mol. The maximum absolute atomic E-state index is 6.27. The Morgan fingerprint density at radius 1 is 0.469 bits per heavy atom. The van der Waals surface area contributed by atoms with Gasteiger partial charge in [0.2, 0.25) is 0 Å². The standard InChI is InChI=1S/C26H21O5.Ti/c27-26(30-23-17-9-3-10-18-23,31-24-19-11-4-12-20-24)25(28-21-13-5-1-6-14-21)29-22-15-7-2-8-16-22;/h1-20,25H;/q-1;+1. The SMILES string of the molecule is [Ti][O]C(Oc1ccccc1)(Oc1ccccc1)C(Oc1ccccc1)Oc1ccccc1. The Morgan fingerprint density at radius 2 is 0.781 bits per heavy atom. The topological polar surface area (TPSA) is 46.2 Å². The summed E-state index contributed by atoms with van der Waals surface area (Å²) in [6.45, 7) is 0. The first-order valence-corrected chi connectivity index (χ1v) is 10.7. The molecule has 0 unspecified atom stereocenters. The number of hydrogen-bond acceptors (Lipinski definition) is 5. The summed E-state index contributed by atoms with van der Waals surface area (Å²) in [4.78, 5) is 0. The second-order valence-electron chi connectivity index (χ2n) is 6.73. The van der Waals surface area contributed by atoms with Crippen LogP contribution < -0.4 is 18.9 Å². The first-order chi connectivity index (χ1) is 15.8. The fourth-order valence-electron chi connectivity index (χ4n) is 2.93. The molecule has 0 heterocycles. The van der Waals surface area contributed by atoms with E-state index in [9.17, 15) is 0 Å². The molecule has 159 valence electrons. The van der Waals surface area contributed by atoms with Gasteiger partial charge in [0.15, 0.2) is 0 Å². The third kappa shape index (κ3) is 5.71. The molecule has 0 radical (unpaired) electrons. The van der Waals surface area contributed by atoms with Crippen LogP contribution in [0.1, 0.15) is 0 Å². The molecule has 0 bridgehead atoms. The molecule has 5 nitrogen and oxygen atoms in total. The Hall–Kier alpha value is -3.25. The summed E-state index contributed by atoms with van der Waals surface area (Å²) in [5.41, 5.74) is 0. The number of para-hydroxylation sites is 4. The van der Waals surface area contributed by atoms with E-state index in [4.69, 9.17) is 22.3 Å². The minimum atomic E-state index is -1.77. The van der Waals surface area contributed by atoms with E-state index in [-0.39, 0.29) is 0 Å². The van der Waals surface area contributed by atoms with Crippen molar-refractivity contribution < 1.29 is 43.1 Å². The quantitative estimate of drug-likeness (QED) is 0.222. The zero-order chi connectivity index (χ0) is 22.1. The van der Waals surface area contributed by atoms with Crippen molar-refractivity contribution >= 4 is 0 Å². The summed E-state index contributed by atoms with van der Waals surface area (Å²) in [6, 6.07) is 37.1. The van der Waals surface area contributed by atoms with Crippen LogP contribution in [0.15, 0.2) is 121 Å². The van der Waals surface area contributed by atoms with Gasteiger partial charge in [-0.1, -0.05) is 0 Å². The Balaban J connectivity index is 1.76. The summed E-state index contributed by atoms with van der Waals surface area (Å²) in [6.07, 6.45) is -1.13. The molecular formula is C26H21O5Ti. The van der Waals surface area contributed by atoms with E-state index >= 15 is 0 Å². The van der Waals surface area contributed by atoms with Crippen LogP contribution in [0, 0.1) is 0 Å². The van der Waals surface area contributed by atoms with Crippen molar-refractivity contribution in [3.63, 3.8) is 0 Å². The molecule has 0 amide bonds. The molecule has 0 fully saturated rings. The Labute approximate surface area is 199 Å². The van der Waals surface area contributed by atoms with Gasteiger partial charge < -0.3 is 0 Å². The molecular weight excluding hydrogens is 440 g/mol. The molecule has 0 aliphatic carbocycles. The summed E-state index contributed by atoms with van der Waals surface area (Å²) in [5, 5.41) is 0. The molecule has 0 saturated carbocycles. The van der Waals surface area contributed by atoms with E-state index in [1.165, 1.54) is 20.8 Å². The van der Waals surface area contributed by atoms with Crippen LogP contribution in [0.25, 0.3) is 0 Å². The molecule has 0 aliphatic rings. The summed E-state index contributed by atoms with van der Waals surface area (Å²) < 4.78 is 30.8. The number of benzene rings is 4. The molecule has 0 saturated heterocycles.